The van der Waals surface area contributed by atoms with Crippen molar-refractivity contribution in [3.63, 3.8) is 0 Å². The number of hydrogen-bond donors (Lipinski definition) is 2. The van der Waals surface area contributed by atoms with Crippen LogP contribution < -0.4 is 15.8 Å². The fourth-order valence-electron chi connectivity index (χ4n) is 3.63. The quantitative estimate of drug-likeness (QED) is 0.649. The van der Waals surface area contributed by atoms with Crippen molar-refractivity contribution in [2.45, 2.75) is 19.9 Å². The molecular formula is C21H25N7O2. The summed E-state index contributed by atoms with van der Waals surface area (Å²) in [7, 11) is 1.60. The molecule has 0 atom stereocenters. The summed E-state index contributed by atoms with van der Waals surface area (Å²) in [6.07, 6.45) is 4.08. The first-order valence-electron chi connectivity index (χ1n) is 10.1. The van der Waals surface area contributed by atoms with Gasteiger partial charge in [0.2, 0.25) is 0 Å². The van der Waals surface area contributed by atoms with Crippen LogP contribution in [0.1, 0.15) is 28.8 Å². The number of rotatable bonds is 5. The van der Waals surface area contributed by atoms with Crippen LogP contribution in [0.15, 0.2) is 35.4 Å². The molecule has 0 bridgehead atoms. The maximum atomic E-state index is 12.0. The first kappa shape index (κ1) is 20.0. The summed E-state index contributed by atoms with van der Waals surface area (Å²) in [6, 6.07) is 5.60. The van der Waals surface area contributed by atoms with E-state index in [0.717, 1.165) is 49.6 Å². The van der Waals surface area contributed by atoms with E-state index in [4.69, 9.17) is 0 Å². The van der Waals surface area contributed by atoms with E-state index in [1.165, 1.54) is 0 Å². The number of amides is 1. The van der Waals surface area contributed by atoms with Crippen molar-refractivity contribution in [2.75, 3.05) is 38.1 Å². The number of hydrogen-bond acceptors (Lipinski definition) is 7. The predicted octanol–water partition coefficient (Wildman–Crippen LogP) is 0.957. The molecule has 3 aromatic heterocycles. The number of nitrogens with zero attached hydrogens (tertiary/aromatic N) is 5. The Balaban J connectivity index is 1.38. The first-order valence-corrected chi connectivity index (χ1v) is 10.1. The second-order valence-electron chi connectivity index (χ2n) is 7.30. The van der Waals surface area contributed by atoms with Crippen LogP contribution in [0.2, 0.25) is 0 Å². The molecule has 0 saturated carbocycles. The van der Waals surface area contributed by atoms with E-state index in [9.17, 15) is 9.59 Å². The average molecular weight is 407 g/mol. The number of carbonyl (C=O) groups excluding carboxylic acids is 1. The van der Waals surface area contributed by atoms with E-state index in [2.05, 4.69) is 35.1 Å². The van der Waals surface area contributed by atoms with E-state index >= 15 is 0 Å². The van der Waals surface area contributed by atoms with Crippen LogP contribution in [0, 0.1) is 0 Å². The molecule has 156 valence electrons. The van der Waals surface area contributed by atoms with Gasteiger partial charge < -0.3 is 15.2 Å². The Bertz CT molecular complexity index is 1100. The summed E-state index contributed by atoms with van der Waals surface area (Å²) >= 11 is 0. The molecule has 2 N–H and O–H groups in total. The molecule has 1 saturated heterocycles. The molecule has 1 aliphatic rings. The van der Waals surface area contributed by atoms with E-state index in [-0.39, 0.29) is 11.5 Å². The molecule has 3 aromatic rings. The summed E-state index contributed by atoms with van der Waals surface area (Å²) in [5.41, 5.74) is 4.19. The van der Waals surface area contributed by atoms with Crippen molar-refractivity contribution in [1.82, 2.24) is 30.2 Å². The number of pyridine rings is 2. The molecule has 0 unspecified atom stereocenters. The van der Waals surface area contributed by atoms with Crippen molar-refractivity contribution < 1.29 is 4.79 Å². The van der Waals surface area contributed by atoms with Gasteiger partial charge in [0.1, 0.15) is 16.9 Å². The second-order valence-corrected chi connectivity index (χ2v) is 7.30. The minimum absolute atomic E-state index is 0.133. The van der Waals surface area contributed by atoms with Gasteiger partial charge >= 0.3 is 0 Å². The molecule has 0 aliphatic carbocycles. The van der Waals surface area contributed by atoms with E-state index in [1.807, 2.05) is 19.1 Å². The molecule has 1 aliphatic heterocycles. The lowest BCUT2D eigenvalue weighted by atomic mass is 10.2. The highest BCUT2D eigenvalue weighted by Gasteiger charge is 2.19. The highest BCUT2D eigenvalue weighted by atomic mass is 16.1. The number of H-pyrrole nitrogens is 1. The van der Waals surface area contributed by atoms with Gasteiger partial charge in [0, 0.05) is 39.8 Å². The van der Waals surface area contributed by atoms with Crippen LogP contribution in [-0.2, 0) is 13.0 Å². The summed E-state index contributed by atoms with van der Waals surface area (Å²) in [5, 5.41) is 2.58. The summed E-state index contributed by atoms with van der Waals surface area (Å²) in [5.74, 6) is -0.184. The molecule has 1 fully saturated rings. The number of anilines is 1. The third kappa shape index (κ3) is 4.16. The maximum absolute atomic E-state index is 12.0. The van der Waals surface area contributed by atoms with Gasteiger partial charge in [0.15, 0.2) is 0 Å². The van der Waals surface area contributed by atoms with Gasteiger partial charge in [-0.15, -0.1) is 0 Å². The smallest absolute Gasteiger partial charge is 0.270 e. The SMILES string of the molecule is CCc1nc2cnc(CN3CCN(c4ccc(C(=O)NC)nc4)CC3)cc2[nH]c1=O. The van der Waals surface area contributed by atoms with Gasteiger partial charge in [-0.3, -0.25) is 19.5 Å². The standard InChI is InChI=1S/C21H25N7O2/c1-3-16-21(30)26-18-10-14(23-12-19(18)25-16)13-27-6-8-28(9-7-27)15-4-5-17(24-11-15)20(29)22-2/h4-5,10-12H,3,6-9,13H2,1-2H3,(H,22,29)(H,26,30). The first-order chi connectivity index (χ1) is 14.6. The number of aryl methyl sites for hydroxylation is 1. The Morgan fingerprint density at radius 3 is 2.63 bits per heavy atom. The van der Waals surface area contributed by atoms with Gasteiger partial charge in [-0.2, -0.15) is 0 Å². The van der Waals surface area contributed by atoms with Gasteiger partial charge in [-0.25, -0.2) is 9.97 Å². The Hall–Kier alpha value is -3.33. The number of aromatic nitrogens is 4. The molecule has 4 rings (SSSR count). The van der Waals surface area contributed by atoms with Crippen LogP contribution in [0.4, 0.5) is 5.69 Å². The third-order valence-electron chi connectivity index (χ3n) is 5.37. The van der Waals surface area contributed by atoms with Crippen molar-refractivity contribution in [2.24, 2.45) is 0 Å². The third-order valence-corrected chi connectivity index (χ3v) is 5.37. The average Bonchev–Trinajstić information content (AvgIpc) is 2.78. The largest absolute Gasteiger partial charge is 0.368 e. The molecule has 0 spiro atoms. The Kier molecular flexibility index (Phi) is 5.71. The van der Waals surface area contributed by atoms with Crippen LogP contribution in [0.3, 0.4) is 0 Å². The maximum Gasteiger partial charge on any atom is 0.270 e. The van der Waals surface area contributed by atoms with Gasteiger partial charge in [-0.1, -0.05) is 6.92 Å². The second kappa shape index (κ2) is 8.58. The molecule has 1 amide bonds. The lowest BCUT2D eigenvalue weighted by Gasteiger charge is -2.35. The monoisotopic (exact) mass is 407 g/mol. The van der Waals surface area contributed by atoms with Gasteiger partial charge in [0.25, 0.3) is 11.5 Å². The van der Waals surface area contributed by atoms with Crippen molar-refractivity contribution in [3.8, 4) is 0 Å². The number of carbonyl (C=O) groups is 1. The zero-order valence-corrected chi connectivity index (χ0v) is 17.2. The number of nitrogens with one attached hydrogen (secondary N) is 2. The Morgan fingerprint density at radius 1 is 1.17 bits per heavy atom. The van der Waals surface area contributed by atoms with Crippen LogP contribution >= 0.6 is 0 Å². The highest BCUT2D eigenvalue weighted by Crippen LogP contribution is 2.17. The van der Waals surface area contributed by atoms with Crippen LogP contribution in [0.5, 0.6) is 0 Å². The van der Waals surface area contributed by atoms with Gasteiger partial charge in [0.05, 0.1) is 29.3 Å². The Morgan fingerprint density at radius 2 is 1.97 bits per heavy atom. The number of piperazine rings is 1. The van der Waals surface area contributed by atoms with Crippen molar-refractivity contribution >= 4 is 22.6 Å². The zero-order valence-electron chi connectivity index (χ0n) is 17.2. The normalized spacial score (nSPS) is 14.8. The zero-order chi connectivity index (χ0) is 21.1. The molecule has 0 aromatic carbocycles. The molecule has 0 radical (unpaired) electrons. The molecule has 9 nitrogen and oxygen atoms in total. The summed E-state index contributed by atoms with van der Waals surface area (Å²) in [6.45, 7) is 6.15. The van der Waals surface area contributed by atoms with Gasteiger partial charge in [-0.05, 0) is 24.6 Å². The number of fused-ring (bicyclic) bond motifs is 1. The lowest BCUT2D eigenvalue weighted by Crippen LogP contribution is -2.46. The fraction of sp³-hybridized carbons (Fsp3) is 0.381. The summed E-state index contributed by atoms with van der Waals surface area (Å²) in [4.78, 5) is 44.3. The van der Waals surface area contributed by atoms with E-state index in [1.54, 1.807) is 25.5 Å². The summed E-state index contributed by atoms with van der Waals surface area (Å²) < 4.78 is 0. The van der Waals surface area contributed by atoms with E-state index in [0.29, 0.717) is 23.3 Å². The van der Waals surface area contributed by atoms with Crippen LogP contribution in [0.25, 0.3) is 11.0 Å². The topological polar surface area (TPSA) is 107 Å². The van der Waals surface area contributed by atoms with Crippen molar-refractivity contribution in [3.05, 3.63) is 58.0 Å². The molecule has 4 heterocycles. The molecular weight excluding hydrogens is 382 g/mol. The lowest BCUT2D eigenvalue weighted by molar-refractivity contribution is 0.0958. The van der Waals surface area contributed by atoms with E-state index < -0.39 is 0 Å². The Labute approximate surface area is 174 Å². The highest BCUT2D eigenvalue weighted by molar-refractivity contribution is 5.92. The van der Waals surface area contributed by atoms with Crippen LogP contribution in [-0.4, -0.2) is 64.0 Å². The predicted molar refractivity (Wildman–Crippen MR) is 115 cm³/mol. The molecule has 9 heteroatoms. The molecule has 30 heavy (non-hydrogen) atoms. The minimum atomic E-state index is -0.184. The minimum Gasteiger partial charge on any atom is -0.368 e. The van der Waals surface area contributed by atoms with Crippen molar-refractivity contribution in [1.29, 1.82) is 0 Å². The number of aromatic amines is 1. The fourth-order valence-corrected chi connectivity index (χ4v) is 3.63.